The van der Waals surface area contributed by atoms with Gasteiger partial charge >= 0.3 is 0 Å². The monoisotopic (exact) mass is 471 g/mol. The van der Waals surface area contributed by atoms with E-state index in [4.69, 9.17) is 21.6 Å². The molecule has 10 heteroatoms. The number of hydrogen-bond acceptors (Lipinski definition) is 8. The van der Waals surface area contributed by atoms with Crippen molar-refractivity contribution in [3.8, 4) is 11.8 Å². The molecule has 1 amide bonds. The Balaban J connectivity index is 1.48. The lowest BCUT2D eigenvalue weighted by atomic mass is 10.1. The summed E-state index contributed by atoms with van der Waals surface area (Å²) < 4.78 is 5.47. The number of likely N-dealkylation sites (N-methyl/N-ethyl adjacent to an activating group) is 1. The van der Waals surface area contributed by atoms with Crippen LogP contribution in [0.4, 0.5) is 5.69 Å². The van der Waals surface area contributed by atoms with E-state index < -0.39 is 0 Å². The number of halogens is 1. The van der Waals surface area contributed by atoms with Crippen molar-refractivity contribution < 1.29 is 9.53 Å². The lowest BCUT2D eigenvalue weighted by Gasteiger charge is -2.32. The van der Waals surface area contributed by atoms with Gasteiger partial charge in [-0.3, -0.25) is 14.7 Å². The third-order valence-electron chi connectivity index (χ3n) is 5.58. The van der Waals surface area contributed by atoms with Crippen molar-refractivity contribution in [3.63, 3.8) is 0 Å². The van der Waals surface area contributed by atoms with Crippen LogP contribution in [0.15, 0.2) is 24.5 Å². The van der Waals surface area contributed by atoms with Gasteiger partial charge in [-0.05, 0) is 37.7 Å². The summed E-state index contributed by atoms with van der Waals surface area (Å²) in [5, 5.41) is 15.7. The molecular weight excluding hydrogens is 442 g/mol. The lowest BCUT2D eigenvalue weighted by molar-refractivity contribution is -0.115. The van der Waals surface area contributed by atoms with E-state index in [1.165, 1.54) is 12.4 Å². The second-order valence-electron chi connectivity index (χ2n) is 8.02. The molecule has 0 atom stereocenters. The smallest absolute Gasteiger partial charge is 0.230 e. The number of nitrogens with one attached hydrogen (secondary N) is 2. The maximum absolute atomic E-state index is 12.4. The zero-order valence-corrected chi connectivity index (χ0v) is 19.9. The van der Waals surface area contributed by atoms with Crippen LogP contribution in [0, 0.1) is 11.3 Å². The molecule has 176 valence electrons. The van der Waals surface area contributed by atoms with Gasteiger partial charge in [-0.1, -0.05) is 11.6 Å². The first-order valence-electron chi connectivity index (χ1n) is 11.0. The van der Waals surface area contributed by atoms with Crippen molar-refractivity contribution in [1.82, 2.24) is 25.1 Å². The van der Waals surface area contributed by atoms with Crippen LogP contribution < -0.4 is 15.4 Å². The van der Waals surface area contributed by atoms with Gasteiger partial charge in [0.25, 0.3) is 0 Å². The minimum absolute atomic E-state index is 0.0262. The largest absolute Gasteiger partial charge is 0.495 e. The summed E-state index contributed by atoms with van der Waals surface area (Å²) in [5.74, 6) is 0.271. The summed E-state index contributed by atoms with van der Waals surface area (Å²) in [6.45, 7) is 7.26. The molecule has 1 aliphatic rings. The average Bonchev–Trinajstić information content (AvgIpc) is 2.81. The molecule has 0 saturated carbocycles. The predicted octanol–water partition coefficient (Wildman–Crippen LogP) is 1.57. The number of ether oxygens (including phenoxy) is 1. The standard InChI is InChI=1S/C23H30ClN7O2/c1-30-7-9-31(10-8-30)6-5-26-4-3-17-11-22(33-2)21(13-20(17)24)29-23(32)12-18-15-28-19(14-25)16-27-18/h11,13,15-16,26H,3-10,12H2,1-2H3,(H,29,32). The van der Waals surface area contributed by atoms with Gasteiger partial charge < -0.3 is 20.3 Å². The molecule has 3 rings (SSSR count). The topological polar surface area (TPSA) is 106 Å². The zero-order chi connectivity index (χ0) is 23.6. The molecule has 0 spiro atoms. The molecular formula is C23H30ClN7O2. The molecule has 1 fully saturated rings. The Bertz CT molecular complexity index is 970. The predicted molar refractivity (Wildman–Crippen MR) is 128 cm³/mol. The lowest BCUT2D eigenvalue weighted by Crippen LogP contribution is -2.46. The minimum atomic E-state index is -0.276. The fourth-order valence-electron chi connectivity index (χ4n) is 3.57. The Morgan fingerprint density at radius 3 is 2.67 bits per heavy atom. The number of aromatic nitrogens is 2. The normalized spacial score (nSPS) is 14.6. The molecule has 1 aliphatic heterocycles. The van der Waals surface area contributed by atoms with Gasteiger partial charge in [0.15, 0.2) is 5.69 Å². The second-order valence-corrected chi connectivity index (χ2v) is 8.43. The fraction of sp³-hybridized carbons (Fsp3) is 0.478. The molecule has 1 saturated heterocycles. The van der Waals surface area contributed by atoms with Crippen molar-refractivity contribution >= 4 is 23.2 Å². The first-order chi connectivity index (χ1) is 16.0. The molecule has 0 unspecified atom stereocenters. The summed E-state index contributed by atoms with van der Waals surface area (Å²) >= 11 is 6.48. The van der Waals surface area contributed by atoms with Crippen molar-refractivity contribution in [2.45, 2.75) is 12.8 Å². The number of amides is 1. The highest BCUT2D eigenvalue weighted by Crippen LogP contribution is 2.31. The van der Waals surface area contributed by atoms with Gasteiger partial charge in [-0.25, -0.2) is 4.98 Å². The number of methoxy groups -OCH3 is 1. The molecule has 9 nitrogen and oxygen atoms in total. The highest BCUT2D eigenvalue weighted by molar-refractivity contribution is 6.31. The third kappa shape index (κ3) is 7.65. The molecule has 0 bridgehead atoms. The quantitative estimate of drug-likeness (QED) is 0.503. The first-order valence-corrected chi connectivity index (χ1v) is 11.3. The van der Waals surface area contributed by atoms with E-state index in [2.05, 4.69) is 37.4 Å². The van der Waals surface area contributed by atoms with Crippen LogP contribution >= 0.6 is 11.6 Å². The van der Waals surface area contributed by atoms with E-state index in [1.54, 1.807) is 13.2 Å². The van der Waals surface area contributed by atoms with Gasteiger partial charge in [0.2, 0.25) is 5.91 Å². The van der Waals surface area contributed by atoms with Crippen LogP contribution in [0.5, 0.6) is 5.75 Å². The van der Waals surface area contributed by atoms with Crippen LogP contribution in [0.2, 0.25) is 5.02 Å². The average molecular weight is 472 g/mol. The summed E-state index contributed by atoms with van der Waals surface area (Å²) in [7, 11) is 3.72. The van der Waals surface area contributed by atoms with Crippen LogP contribution in [0.25, 0.3) is 0 Å². The molecule has 2 N–H and O–H groups in total. The number of anilines is 1. The summed E-state index contributed by atoms with van der Waals surface area (Å²) in [6, 6.07) is 5.47. The zero-order valence-electron chi connectivity index (χ0n) is 19.1. The Morgan fingerprint density at radius 2 is 2.00 bits per heavy atom. The van der Waals surface area contributed by atoms with Gasteiger partial charge in [0.1, 0.15) is 11.8 Å². The number of nitrogens with zero attached hydrogens (tertiary/aromatic N) is 5. The van der Waals surface area contributed by atoms with Crippen molar-refractivity contribution in [2.24, 2.45) is 0 Å². The number of piperazine rings is 1. The van der Waals surface area contributed by atoms with Gasteiger partial charge in [0.05, 0.1) is 37.3 Å². The van der Waals surface area contributed by atoms with Gasteiger partial charge in [-0.15, -0.1) is 0 Å². The summed E-state index contributed by atoms with van der Waals surface area (Å²) in [4.78, 5) is 25.3. The Labute approximate surface area is 199 Å². The number of rotatable bonds is 10. The van der Waals surface area contributed by atoms with Crippen molar-refractivity contribution in [3.05, 3.63) is 46.5 Å². The third-order valence-corrected chi connectivity index (χ3v) is 5.93. The Hall–Kier alpha value is -2.77. The fourth-order valence-corrected chi connectivity index (χ4v) is 3.83. The van der Waals surface area contributed by atoms with E-state index in [-0.39, 0.29) is 18.0 Å². The first kappa shape index (κ1) is 24.9. The summed E-state index contributed by atoms with van der Waals surface area (Å²) in [5.41, 5.74) is 2.13. The molecule has 2 heterocycles. The highest BCUT2D eigenvalue weighted by atomic mass is 35.5. The van der Waals surface area contributed by atoms with Gasteiger partial charge in [-0.2, -0.15) is 5.26 Å². The molecule has 2 aromatic rings. The Kier molecular flexibility index (Phi) is 9.39. The maximum atomic E-state index is 12.4. The van der Waals surface area contributed by atoms with E-state index in [0.717, 1.165) is 57.8 Å². The van der Waals surface area contributed by atoms with Crippen LogP contribution in [-0.2, 0) is 17.6 Å². The molecule has 1 aromatic heterocycles. The number of hydrogen-bond donors (Lipinski definition) is 2. The van der Waals surface area contributed by atoms with E-state index in [0.29, 0.717) is 22.2 Å². The number of carbonyl (C=O) groups is 1. The van der Waals surface area contributed by atoms with Crippen molar-refractivity contribution in [1.29, 1.82) is 5.26 Å². The molecule has 0 aliphatic carbocycles. The molecule has 0 radical (unpaired) electrons. The minimum Gasteiger partial charge on any atom is -0.495 e. The molecule has 33 heavy (non-hydrogen) atoms. The second kappa shape index (κ2) is 12.5. The highest BCUT2D eigenvalue weighted by Gasteiger charge is 2.14. The van der Waals surface area contributed by atoms with Crippen LogP contribution in [0.1, 0.15) is 17.0 Å². The van der Waals surface area contributed by atoms with Gasteiger partial charge in [0, 0.05) is 44.3 Å². The maximum Gasteiger partial charge on any atom is 0.230 e. The number of carbonyl (C=O) groups excluding carboxylic acids is 1. The number of benzene rings is 1. The van der Waals surface area contributed by atoms with Crippen molar-refractivity contribution in [2.75, 3.05) is 65.3 Å². The SMILES string of the molecule is COc1cc(CCNCCN2CCN(C)CC2)c(Cl)cc1NC(=O)Cc1cnc(C#N)cn1. The number of nitriles is 1. The van der Waals surface area contributed by atoms with E-state index in [1.807, 2.05) is 12.1 Å². The van der Waals surface area contributed by atoms with E-state index in [9.17, 15) is 4.79 Å². The van der Waals surface area contributed by atoms with Crippen LogP contribution in [-0.4, -0.2) is 85.6 Å². The van der Waals surface area contributed by atoms with Crippen LogP contribution in [0.3, 0.4) is 0 Å². The van der Waals surface area contributed by atoms with E-state index >= 15 is 0 Å². The Morgan fingerprint density at radius 1 is 1.21 bits per heavy atom. The molecule has 1 aromatic carbocycles. The summed E-state index contributed by atoms with van der Waals surface area (Å²) in [6.07, 6.45) is 3.54.